The molecule has 0 radical (unpaired) electrons. The second kappa shape index (κ2) is 5.20. The van der Waals surface area contributed by atoms with Gasteiger partial charge in [-0.3, -0.25) is 0 Å². The highest BCUT2D eigenvalue weighted by Crippen LogP contribution is 2.37. The summed E-state index contributed by atoms with van der Waals surface area (Å²) >= 11 is 0. The van der Waals surface area contributed by atoms with Crippen LogP contribution >= 0.6 is 0 Å². The molecule has 0 spiro atoms. The van der Waals surface area contributed by atoms with Gasteiger partial charge in [0, 0.05) is 15.7 Å². The Bertz CT molecular complexity index is 1250. The molecule has 0 N–H and O–H groups in total. The van der Waals surface area contributed by atoms with Crippen LogP contribution < -0.4 is 0 Å². The Kier molecular flexibility index (Phi) is 2.87. The van der Waals surface area contributed by atoms with Crippen LogP contribution in [-0.2, 0) is 0 Å². The van der Waals surface area contributed by atoms with Gasteiger partial charge in [0.2, 0.25) is 0 Å². The highest BCUT2D eigenvalue weighted by atomic mass is 15.1. The summed E-state index contributed by atoms with van der Waals surface area (Å²) in [5.41, 5.74) is 11.4. The number of hydrogen-bond donors (Lipinski definition) is 0. The summed E-state index contributed by atoms with van der Waals surface area (Å²) in [6.45, 7) is 0. The molecule has 0 unspecified atom stereocenters. The lowest BCUT2D eigenvalue weighted by atomic mass is 10.0. The van der Waals surface area contributed by atoms with Crippen molar-refractivity contribution in [2.45, 2.75) is 0 Å². The van der Waals surface area contributed by atoms with Crippen molar-refractivity contribution in [3.05, 3.63) is 83.2 Å². The van der Waals surface area contributed by atoms with Gasteiger partial charge in [0.25, 0.3) is 0 Å². The molecule has 0 saturated heterocycles. The van der Waals surface area contributed by atoms with Crippen molar-refractivity contribution in [3.63, 3.8) is 0 Å². The molecular formula is C21H12N4. The smallest absolute Gasteiger partial charge is 0.0720 e. The van der Waals surface area contributed by atoms with Crippen LogP contribution in [0.2, 0.25) is 0 Å². The van der Waals surface area contributed by atoms with Gasteiger partial charge in [-0.25, -0.2) is 4.98 Å². The fourth-order valence-corrected chi connectivity index (χ4v) is 3.45. The first-order valence-corrected chi connectivity index (χ1v) is 8.03. The van der Waals surface area contributed by atoms with Crippen LogP contribution in [0.25, 0.3) is 53.8 Å². The maximum Gasteiger partial charge on any atom is 0.0720 e. The second-order valence-corrected chi connectivity index (χ2v) is 6.08. The Labute approximate surface area is 143 Å². The zero-order valence-electron chi connectivity index (χ0n) is 13.2. The van der Waals surface area contributed by atoms with Crippen molar-refractivity contribution in [2.75, 3.05) is 0 Å². The summed E-state index contributed by atoms with van der Waals surface area (Å²) in [7, 11) is 0. The van der Waals surface area contributed by atoms with Crippen molar-refractivity contribution >= 4 is 49.0 Å². The molecule has 0 aliphatic heterocycles. The zero-order chi connectivity index (χ0) is 16.8. The predicted octanol–water partition coefficient (Wildman–Crippen LogP) is 6.64. The third kappa shape index (κ3) is 2.09. The van der Waals surface area contributed by atoms with Gasteiger partial charge in [0.05, 0.1) is 16.7 Å². The number of hydrogen-bond acceptors (Lipinski definition) is 2. The molecule has 1 heterocycles. The van der Waals surface area contributed by atoms with E-state index in [2.05, 4.69) is 58.6 Å². The molecule has 0 aliphatic carbocycles. The molecule has 0 aliphatic rings. The molecule has 0 bridgehead atoms. The first-order valence-electron chi connectivity index (χ1n) is 8.03. The summed E-state index contributed by atoms with van der Waals surface area (Å²) < 4.78 is 0. The molecule has 116 valence electrons. The minimum atomic E-state index is 0.638. The van der Waals surface area contributed by atoms with Crippen LogP contribution in [0.3, 0.4) is 0 Å². The van der Waals surface area contributed by atoms with Gasteiger partial charge in [-0.05, 0) is 51.3 Å². The molecule has 0 saturated carbocycles. The number of aromatic nitrogens is 1. The molecule has 4 heteroatoms. The Morgan fingerprint density at radius 2 is 1.12 bits per heavy atom. The topological polar surface area (TPSA) is 61.7 Å². The first-order chi connectivity index (χ1) is 12.3. The van der Waals surface area contributed by atoms with E-state index in [9.17, 15) is 0 Å². The predicted molar refractivity (Wildman–Crippen MR) is 103 cm³/mol. The molecule has 25 heavy (non-hydrogen) atoms. The van der Waals surface area contributed by atoms with Crippen LogP contribution in [0.4, 0.5) is 5.69 Å². The quantitative estimate of drug-likeness (QED) is 0.148. The van der Waals surface area contributed by atoms with Gasteiger partial charge in [0.1, 0.15) is 0 Å². The summed E-state index contributed by atoms with van der Waals surface area (Å²) in [6.07, 6.45) is 0. The van der Waals surface area contributed by atoms with Gasteiger partial charge in [-0.1, -0.05) is 53.6 Å². The lowest BCUT2D eigenvalue weighted by Crippen LogP contribution is -1.86. The van der Waals surface area contributed by atoms with Crippen LogP contribution in [0.15, 0.2) is 77.9 Å². The van der Waals surface area contributed by atoms with Crippen LogP contribution in [0.5, 0.6) is 0 Å². The summed E-state index contributed by atoms with van der Waals surface area (Å²) in [6, 6.07) is 24.5. The maximum atomic E-state index is 9.10. The number of nitrogens with zero attached hydrogens (tertiary/aromatic N) is 4. The van der Waals surface area contributed by atoms with E-state index in [-0.39, 0.29) is 0 Å². The molecular weight excluding hydrogens is 308 g/mol. The van der Waals surface area contributed by atoms with E-state index >= 15 is 0 Å². The molecule has 4 nitrogen and oxygen atoms in total. The standard InChI is InChI=1S/C21H12N4/c22-25-24-21-17-9-13-5-1-3-7-15(13)11-19(17)23-20-12-16-8-4-2-6-14(16)10-18(20)21/h1-12H. The highest BCUT2D eigenvalue weighted by Gasteiger charge is 2.10. The summed E-state index contributed by atoms with van der Waals surface area (Å²) in [4.78, 5) is 7.90. The number of fused-ring (bicyclic) bond motifs is 4. The normalized spacial score (nSPS) is 11.2. The van der Waals surface area contributed by atoms with Gasteiger partial charge in [0.15, 0.2) is 0 Å². The molecule has 4 aromatic carbocycles. The Morgan fingerprint density at radius 3 is 1.56 bits per heavy atom. The average Bonchev–Trinajstić information content (AvgIpc) is 2.65. The fraction of sp³-hybridized carbons (Fsp3) is 0. The second-order valence-electron chi connectivity index (χ2n) is 6.08. The molecule has 1 aromatic heterocycles. The van der Waals surface area contributed by atoms with E-state index < -0.39 is 0 Å². The van der Waals surface area contributed by atoms with E-state index in [1.807, 2.05) is 24.3 Å². The van der Waals surface area contributed by atoms with Crippen LogP contribution in [0, 0.1) is 0 Å². The number of pyridine rings is 1. The van der Waals surface area contributed by atoms with Gasteiger partial charge >= 0.3 is 0 Å². The Hall–Kier alpha value is -3.62. The molecule has 5 rings (SSSR count). The van der Waals surface area contributed by atoms with Gasteiger partial charge < -0.3 is 0 Å². The molecule has 0 atom stereocenters. The van der Waals surface area contributed by atoms with E-state index in [1.54, 1.807) is 0 Å². The Balaban J connectivity index is 2.03. The van der Waals surface area contributed by atoms with E-state index in [4.69, 9.17) is 10.5 Å². The van der Waals surface area contributed by atoms with Crippen LogP contribution in [0.1, 0.15) is 0 Å². The first kappa shape index (κ1) is 13.8. The van der Waals surface area contributed by atoms with Crippen molar-refractivity contribution in [1.29, 1.82) is 0 Å². The Morgan fingerprint density at radius 1 is 0.680 bits per heavy atom. The number of rotatable bonds is 1. The average molecular weight is 320 g/mol. The number of azide groups is 1. The third-order valence-corrected chi connectivity index (χ3v) is 4.62. The largest absolute Gasteiger partial charge is 0.248 e. The van der Waals surface area contributed by atoms with Crippen molar-refractivity contribution in [1.82, 2.24) is 4.98 Å². The zero-order valence-corrected chi connectivity index (χ0v) is 13.2. The van der Waals surface area contributed by atoms with Crippen molar-refractivity contribution < 1.29 is 0 Å². The van der Waals surface area contributed by atoms with E-state index in [0.717, 1.165) is 43.4 Å². The highest BCUT2D eigenvalue weighted by molar-refractivity contribution is 6.12. The van der Waals surface area contributed by atoms with E-state index in [1.165, 1.54) is 0 Å². The lowest BCUT2D eigenvalue weighted by molar-refractivity contribution is 1.47. The fourth-order valence-electron chi connectivity index (χ4n) is 3.45. The number of benzene rings is 4. The summed E-state index contributed by atoms with van der Waals surface area (Å²) in [5.74, 6) is 0. The molecule has 5 aromatic rings. The summed E-state index contributed by atoms with van der Waals surface area (Å²) in [5, 5.41) is 10.2. The van der Waals surface area contributed by atoms with E-state index in [0.29, 0.717) is 5.69 Å². The molecule has 0 fully saturated rings. The monoisotopic (exact) mass is 320 g/mol. The third-order valence-electron chi connectivity index (χ3n) is 4.62. The SMILES string of the molecule is [N-]=[N+]=Nc1c2cc3ccccc3cc2nc2cc3ccccc3cc12. The minimum absolute atomic E-state index is 0.638. The van der Waals surface area contributed by atoms with Crippen molar-refractivity contribution in [2.24, 2.45) is 5.11 Å². The lowest BCUT2D eigenvalue weighted by Gasteiger charge is -2.09. The van der Waals surface area contributed by atoms with Gasteiger partial charge in [-0.15, -0.1) is 0 Å². The van der Waals surface area contributed by atoms with Crippen molar-refractivity contribution in [3.8, 4) is 0 Å². The molecule has 0 amide bonds. The maximum absolute atomic E-state index is 9.10. The van der Waals surface area contributed by atoms with Gasteiger partial charge in [-0.2, -0.15) is 0 Å². The minimum Gasteiger partial charge on any atom is -0.248 e. The van der Waals surface area contributed by atoms with Crippen LogP contribution in [-0.4, -0.2) is 4.98 Å².